The molecule has 1 amide bonds. The molecule has 0 unspecified atom stereocenters. The highest BCUT2D eigenvalue weighted by Crippen LogP contribution is 2.39. The standard InChI is InChI=1S/C19H21N7O/c1-11-3-6-14(21-12(2)27)9-15(11)22-19-20-8-7-17(24-19)23-18-10-16(25-26-18)13-4-5-13/h3,6-10,13H,4-5H2,1-2H3,(H,21,27)(H3,20,22,23,24,25,26). The van der Waals surface area contributed by atoms with Gasteiger partial charge in [-0.3, -0.25) is 9.89 Å². The van der Waals surface area contributed by atoms with Crippen LogP contribution in [0.25, 0.3) is 0 Å². The van der Waals surface area contributed by atoms with Crippen molar-refractivity contribution in [1.82, 2.24) is 20.2 Å². The van der Waals surface area contributed by atoms with Gasteiger partial charge in [0.2, 0.25) is 11.9 Å². The average molecular weight is 363 g/mol. The van der Waals surface area contributed by atoms with Crippen LogP contribution in [0.15, 0.2) is 36.5 Å². The number of rotatable bonds is 6. The minimum atomic E-state index is -0.114. The van der Waals surface area contributed by atoms with Crippen molar-refractivity contribution >= 4 is 34.9 Å². The first kappa shape index (κ1) is 17.0. The Balaban J connectivity index is 1.49. The molecule has 4 N–H and O–H groups in total. The number of hydrogen-bond donors (Lipinski definition) is 4. The van der Waals surface area contributed by atoms with Crippen LogP contribution in [0.4, 0.5) is 29.0 Å². The zero-order chi connectivity index (χ0) is 18.8. The number of aromatic amines is 1. The first-order valence-electron chi connectivity index (χ1n) is 8.87. The Morgan fingerprint density at radius 3 is 2.78 bits per heavy atom. The predicted octanol–water partition coefficient (Wildman–Crippen LogP) is 3.83. The zero-order valence-electron chi connectivity index (χ0n) is 15.2. The van der Waals surface area contributed by atoms with E-state index in [1.807, 2.05) is 31.2 Å². The van der Waals surface area contributed by atoms with E-state index in [1.54, 1.807) is 12.3 Å². The van der Waals surface area contributed by atoms with Gasteiger partial charge in [0, 0.05) is 42.2 Å². The molecule has 27 heavy (non-hydrogen) atoms. The number of amides is 1. The van der Waals surface area contributed by atoms with Gasteiger partial charge in [-0.25, -0.2) is 4.98 Å². The summed E-state index contributed by atoms with van der Waals surface area (Å²) in [5, 5.41) is 16.5. The molecule has 1 aliphatic rings. The van der Waals surface area contributed by atoms with E-state index in [9.17, 15) is 4.79 Å². The molecule has 0 radical (unpaired) electrons. The van der Waals surface area contributed by atoms with Gasteiger partial charge in [-0.05, 0) is 43.5 Å². The monoisotopic (exact) mass is 363 g/mol. The highest BCUT2D eigenvalue weighted by molar-refractivity contribution is 5.89. The number of benzene rings is 1. The van der Waals surface area contributed by atoms with Crippen LogP contribution in [-0.4, -0.2) is 26.1 Å². The lowest BCUT2D eigenvalue weighted by Gasteiger charge is -2.11. The van der Waals surface area contributed by atoms with Gasteiger partial charge in [-0.1, -0.05) is 6.07 Å². The molecule has 2 aromatic heterocycles. The van der Waals surface area contributed by atoms with Crippen molar-refractivity contribution in [2.24, 2.45) is 0 Å². The first-order valence-corrected chi connectivity index (χ1v) is 8.87. The van der Waals surface area contributed by atoms with E-state index in [1.165, 1.54) is 19.8 Å². The lowest BCUT2D eigenvalue weighted by atomic mass is 10.2. The molecule has 0 atom stereocenters. The Morgan fingerprint density at radius 1 is 1.15 bits per heavy atom. The number of anilines is 5. The van der Waals surface area contributed by atoms with Gasteiger partial charge >= 0.3 is 0 Å². The molecule has 0 aliphatic heterocycles. The Labute approximate surface area is 156 Å². The maximum atomic E-state index is 11.3. The molecule has 3 aromatic rings. The van der Waals surface area contributed by atoms with Crippen molar-refractivity contribution in [3.8, 4) is 0 Å². The fourth-order valence-electron chi connectivity index (χ4n) is 2.78. The number of hydrogen-bond acceptors (Lipinski definition) is 6. The molecule has 8 heteroatoms. The third kappa shape index (κ3) is 4.22. The predicted molar refractivity (Wildman–Crippen MR) is 105 cm³/mol. The number of H-pyrrole nitrogens is 1. The van der Waals surface area contributed by atoms with E-state index in [0.717, 1.165) is 22.8 Å². The molecule has 138 valence electrons. The van der Waals surface area contributed by atoms with Gasteiger partial charge < -0.3 is 16.0 Å². The Morgan fingerprint density at radius 2 is 2.00 bits per heavy atom. The van der Waals surface area contributed by atoms with Gasteiger partial charge in [0.05, 0.1) is 0 Å². The molecule has 1 aliphatic carbocycles. The third-order valence-corrected chi connectivity index (χ3v) is 4.33. The number of aryl methyl sites for hydroxylation is 1. The lowest BCUT2D eigenvalue weighted by molar-refractivity contribution is -0.114. The average Bonchev–Trinajstić information content (AvgIpc) is 3.38. The van der Waals surface area contributed by atoms with Crippen molar-refractivity contribution in [1.29, 1.82) is 0 Å². The second-order valence-corrected chi connectivity index (χ2v) is 6.71. The highest BCUT2D eigenvalue weighted by Gasteiger charge is 2.25. The van der Waals surface area contributed by atoms with Crippen LogP contribution >= 0.6 is 0 Å². The summed E-state index contributed by atoms with van der Waals surface area (Å²) in [5.41, 5.74) is 3.73. The van der Waals surface area contributed by atoms with Crippen molar-refractivity contribution in [3.63, 3.8) is 0 Å². The summed E-state index contributed by atoms with van der Waals surface area (Å²) < 4.78 is 0. The van der Waals surface area contributed by atoms with Crippen LogP contribution in [-0.2, 0) is 4.79 Å². The number of carbonyl (C=O) groups is 1. The fourth-order valence-corrected chi connectivity index (χ4v) is 2.78. The van der Waals surface area contributed by atoms with Crippen molar-refractivity contribution < 1.29 is 4.79 Å². The van der Waals surface area contributed by atoms with E-state index in [0.29, 0.717) is 23.4 Å². The molecule has 1 aromatic carbocycles. The van der Waals surface area contributed by atoms with Crippen molar-refractivity contribution in [2.75, 3.05) is 16.0 Å². The van der Waals surface area contributed by atoms with Crippen LogP contribution in [0, 0.1) is 6.92 Å². The molecule has 0 bridgehead atoms. The number of nitrogens with one attached hydrogen (secondary N) is 4. The third-order valence-electron chi connectivity index (χ3n) is 4.33. The van der Waals surface area contributed by atoms with Crippen LogP contribution in [0.5, 0.6) is 0 Å². The normalized spacial score (nSPS) is 13.3. The fraction of sp³-hybridized carbons (Fsp3) is 0.263. The smallest absolute Gasteiger partial charge is 0.229 e. The summed E-state index contributed by atoms with van der Waals surface area (Å²) in [7, 11) is 0. The van der Waals surface area contributed by atoms with E-state index < -0.39 is 0 Å². The Kier molecular flexibility index (Phi) is 4.45. The van der Waals surface area contributed by atoms with Crippen molar-refractivity contribution in [2.45, 2.75) is 32.6 Å². The molecule has 0 saturated heterocycles. The molecular weight excluding hydrogens is 342 g/mol. The molecule has 1 saturated carbocycles. The summed E-state index contributed by atoms with van der Waals surface area (Å²) in [5.74, 6) is 2.36. The summed E-state index contributed by atoms with van der Waals surface area (Å²) in [6.45, 7) is 3.46. The minimum Gasteiger partial charge on any atom is -0.326 e. The highest BCUT2D eigenvalue weighted by atomic mass is 16.1. The summed E-state index contributed by atoms with van der Waals surface area (Å²) in [4.78, 5) is 20.0. The minimum absolute atomic E-state index is 0.114. The van der Waals surface area contributed by atoms with Gasteiger partial charge in [0.1, 0.15) is 5.82 Å². The molecule has 0 spiro atoms. The molecule has 2 heterocycles. The summed E-state index contributed by atoms with van der Waals surface area (Å²) >= 11 is 0. The van der Waals surface area contributed by atoms with E-state index >= 15 is 0 Å². The number of aromatic nitrogens is 4. The van der Waals surface area contributed by atoms with Gasteiger partial charge in [-0.2, -0.15) is 10.1 Å². The van der Waals surface area contributed by atoms with Gasteiger partial charge in [0.15, 0.2) is 5.82 Å². The number of nitrogens with zero attached hydrogens (tertiary/aromatic N) is 3. The Hall–Kier alpha value is -3.42. The van der Waals surface area contributed by atoms with Crippen molar-refractivity contribution in [3.05, 3.63) is 47.8 Å². The van der Waals surface area contributed by atoms with E-state index in [4.69, 9.17) is 0 Å². The van der Waals surface area contributed by atoms with Gasteiger partial charge in [0.25, 0.3) is 0 Å². The quantitative estimate of drug-likeness (QED) is 0.530. The second-order valence-electron chi connectivity index (χ2n) is 6.71. The molecule has 1 fully saturated rings. The SMILES string of the molecule is CC(=O)Nc1ccc(C)c(Nc2nccc(Nc3cc(C4CC4)[nH]n3)n2)c1. The molecule has 8 nitrogen and oxygen atoms in total. The maximum Gasteiger partial charge on any atom is 0.229 e. The van der Waals surface area contributed by atoms with Crippen LogP contribution in [0.3, 0.4) is 0 Å². The summed E-state index contributed by atoms with van der Waals surface area (Å²) in [6, 6.07) is 9.45. The van der Waals surface area contributed by atoms with Gasteiger partial charge in [-0.15, -0.1) is 0 Å². The second kappa shape index (κ2) is 7.06. The van der Waals surface area contributed by atoms with E-state index in [-0.39, 0.29) is 5.91 Å². The lowest BCUT2D eigenvalue weighted by Crippen LogP contribution is -2.07. The summed E-state index contributed by atoms with van der Waals surface area (Å²) in [6.07, 6.45) is 4.12. The maximum absolute atomic E-state index is 11.3. The topological polar surface area (TPSA) is 108 Å². The van der Waals surface area contributed by atoms with E-state index in [2.05, 4.69) is 36.1 Å². The largest absolute Gasteiger partial charge is 0.326 e. The van der Waals surface area contributed by atoms with Crippen LogP contribution in [0.1, 0.15) is 36.9 Å². The molecule has 4 rings (SSSR count). The zero-order valence-corrected chi connectivity index (χ0v) is 15.2. The number of carbonyl (C=O) groups excluding carboxylic acids is 1. The van der Waals surface area contributed by atoms with Crippen LogP contribution < -0.4 is 16.0 Å². The Bertz CT molecular complexity index is 978. The molecular formula is C19H21N7O. The van der Waals surface area contributed by atoms with Crippen LogP contribution in [0.2, 0.25) is 0 Å². The first-order chi connectivity index (χ1) is 13.1.